The van der Waals surface area contributed by atoms with Crippen LogP contribution in [-0.4, -0.2) is 26.3 Å². The van der Waals surface area contributed by atoms with Gasteiger partial charge in [-0.3, -0.25) is 0 Å². The van der Waals surface area contributed by atoms with E-state index in [1.54, 1.807) is 24.3 Å². The van der Waals surface area contributed by atoms with Crippen LogP contribution in [-0.2, 0) is 9.84 Å². The van der Waals surface area contributed by atoms with E-state index in [0.717, 1.165) is 38.6 Å². The van der Waals surface area contributed by atoms with Gasteiger partial charge in [0.25, 0.3) is 0 Å². The molecule has 0 radical (unpaired) electrons. The first kappa shape index (κ1) is 15.8. The Kier molecular flexibility index (Phi) is 5.47. The van der Waals surface area contributed by atoms with Gasteiger partial charge in [-0.1, -0.05) is 31.4 Å². The van der Waals surface area contributed by atoms with E-state index >= 15 is 0 Å². The maximum atomic E-state index is 12.8. The third-order valence-electron chi connectivity index (χ3n) is 3.90. The third-order valence-corrected chi connectivity index (χ3v) is 6.44. The van der Waals surface area contributed by atoms with Crippen LogP contribution in [0.4, 0.5) is 0 Å². The van der Waals surface area contributed by atoms with Gasteiger partial charge in [-0.2, -0.15) is 0 Å². The lowest BCUT2D eigenvalue weighted by atomic mass is 9.95. The molecule has 0 spiro atoms. The first-order valence-electron chi connectivity index (χ1n) is 7.28. The van der Waals surface area contributed by atoms with Crippen LogP contribution in [0.5, 0.6) is 0 Å². The molecule has 1 aromatic carbocycles. The van der Waals surface area contributed by atoms with Gasteiger partial charge in [0, 0.05) is 11.1 Å². The fourth-order valence-electron chi connectivity index (χ4n) is 2.83. The first-order valence-corrected chi connectivity index (χ1v) is 9.21. The normalized spacial score (nSPS) is 23.7. The van der Waals surface area contributed by atoms with Crippen molar-refractivity contribution in [3.8, 4) is 0 Å². The average Bonchev–Trinajstić information content (AvgIpc) is 2.46. The van der Waals surface area contributed by atoms with Crippen LogP contribution in [0.15, 0.2) is 29.2 Å². The van der Waals surface area contributed by atoms with Gasteiger partial charge in [0.2, 0.25) is 0 Å². The monoisotopic (exact) mass is 315 g/mol. The standard InChI is InChI=1S/C15H22ClNO2S/c1-2-11-17-14-5-3-4-6-15(14)20(18,19)13-9-7-12(16)8-10-13/h7-10,14-15,17H,2-6,11H2,1H3. The Morgan fingerprint density at radius 3 is 2.50 bits per heavy atom. The van der Waals surface area contributed by atoms with E-state index in [1.165, 1.54) is 0 Å². The summed E-state index contributed by atoms with van der Waals surface area (Å²) < 4.78 is 25.6. The summed E-state index contributed by atoms with van der Waals surface area (Å²) in [7, 11) is -3.28. The van der Waals surface area contributed by atoms with E-state index in [2.05, 4.69) is 12.2 Å². The molecule has 3 nitrogen and oxygen atoms in total. The molecular formula is C15H22ClNO2S. The second kappa shape index (κ2) is 6.92. The molecule has 5 heteroatoms. The van der Waals surface area contributed by atoms with Crippen LogP contribution in [0.1, 0.15) is 39.0 Å². The molecule has 1 aliphatic rings. The van der Waals surface area contributed by atoms with Crippen molar-refractivity contribution in [3.63, 3.8) is 0 Å². The molecule has 2 rings (SSSR count). The number of sulfone groups is 1. The second-order valence-corrected chi connectivity index (χ2v) is 7.99. The zero-order valence-electron chi connectivity index (χ0n) is 11.8. The second-order valence-electron chi connectivity index (χ2n) is 5.38. The Labute approximate surface area is 126 Å². The fourth-order valence-corrected chi connectivity index (χ4v) is 4.96. The van der Waals surface area contributed by atoms with Gasteiger partial charge < -0.3 is 5.32 Å². The molecule has 1 N–H and O–H groups in total. The highest BCUT2D eigenvalue weighted by Gasteiger charge is 2.36. The smallest absolute Gasteiger partial charge is 0.182 e. The van der Waals surface area contributed by atoms with Gasteiger partial charge in [0.05, 0.1) is 10.1 Å². The minimum atomic E-state index is -3.28. The van der Waals surface area contributed by atoms with Crippen molar-refractivity contribution in [1.29, 1.82) is 0 Å². The van der Waals surface area contributed by atoms with Gasteiger partial charge in [-0.05, 0) is 50.1 Å². The Morgan fingerprint density at radius 2 is 1.85 bits per heavy atom. The summed E-state index contributed by atoms with van der Waals surface area (Å²) in [6.45, 7) is 2.97. The molecule has 0 bridgehead atoms. The predicted octanol–water partition coefficient (Wildman–Crippen LogP) is 3.42. The van der Waals surface area contributed by atoms with Crippen LogP contribution in [0, 0.1) is 0 Å². The SMILES string of the molecule is CCCNC1CCCCC1S(=O)(=O)c1ccc(Cl)cc1. The molecule has 1 aliphatic carbocycles. The Morgan fingerprint density at radius 1 is 1.20 bits per heavy atom. The fraction of sp³-hybridized carbons (Fsp3) is 0.600. The van der Waals surface area contributed by atoms with Crippen LogP contribution >= 0.6 is 11.6 Å². The molecule has 0 saturated heterocycles. The lowest BCUT2D eigenvalue weighted by molar-refractivity contribution is 0.371. The predicted molar refractivity (Wildman–Crippen MR) is 83.0 cm³/mol. The zero-order chi connectivity index (χ0) is 14.6. The van der Waals surface area contributed by atoms with Gasteiger partial charge in [-0.15, -0.1) is 0 Å². The maximum Gasteiger partial charge on any atom is 0.182 e. The minimum absolute atomic E-state index is 0.0735. The molecular weight excluding hydrogens is 294 g/mol. The molecule has 0 aliphatic heterocycles. The average molecular weight is 316 g/mol. The topological polar surface area (TPSA) is 46.2 Å². The van der Waals surface area contributed by atoms with Crippen LogP contribution in [0.25, 0.3) is 0 Å². The number of rotatable bonds is 5. The minimum Gasteiger partial charge on any atom is -0.313 e. The Hall–Kier alpha value is -0.580. The number of nitrogens with one attached hydrogen (secondary N) is 1. The summed E-state index contributed by atoms with van der Waals surface area (Å²) in [6, 6.07) is 6.59. The van der Waals surface area contributed by atoms with Crippen molar-refractivity contribution < 1.29 is 8.42 Å². The molecule has 0 amide bonds. The van der Waals surface area contributed by atoms with Crippen LogP contribution in [0.3, 0.4) is 0 Å². The molecule has 2 atom stereocenters. The van der Waals surface area contributed by atoms with E-state index in [0.29, 0.717) is 9.92 Å². The summed E-state index contributed by atoms with van der Waals surface area (Å²) in [5.41, 5.74) is 0. The van der Waals surface area contributed by atoms with Gasteiger partial charge in [-0.25, -0.2) is 8.42 Å². The van der Waals surface area contributed by atoms with E-state index in [-0.39, 0.29) is 11.3 Å². The highest BCUT2D eigenvalue weighted by molar-refractivity contribution is 7.92. The lowest BCUT2D eigenvalue weighted by Gasteiger charge is -2.32. The first-order chi connectivity index (χ1) is 9.55. The molecule has 20 heavy (non-hydrogen) atoms. The van der Waals surface area contributed by atoms with Gasteiger partial charge in [0.15, 0.2) is 9.84 Å². The summed E-state index contributed by atoms with van der Waals surface area (Å²) in [4.78, 5) is 0.386. The lowest BCUT2D eigenvalue weighted by Crippen LogP contribution is -2.46. The molecule has 0 heterocycles. The molecule has 2 unspecified atom stereocenters. The van der Waals surface area contributed by atoms with E-state index in [1.807, 2.05) is 0 Å². The van der Waals surface area contributed by atoms with Crippen LogP contribution < -0.4 is 5.32 Å². The highest BCUT2D eigenvalue weighted by Crippen LogP contribution is 2.29. The van der Waals surface area contributed by atoms with Gasteiger partial charge in [0.1, 0.15) is 0 Å². The number of hydrogen-bond acceptors (Lipinski definition) is 3. The number of benzene rings is 1. The van der Waals surface area contributed by atoms with Crippen molar-refractivity contribution >= 4 is 21.4 Å². The number of halogens is 1. The van der Waals surface area contributed by atoms with E-state index in [4.69, 9.17) is 11.6 Å². The van der Waals surface area contributed by atoms with Gasteiger partial charge >= 0.3 is 0 Å². The van der Waals surface area contributed by atoms with Crippen molar-refractivity contribution in [2.24, 2.45) is 0 Å². The molecule has 1 aromatic rings. The van der Waals surface area contributed by atoms with Crippen molar-refractivity contribution in [3.05, 3.63) is 29.3 Å². The Balaban J connectivity index is 2.23. The summed E-state index contributed by atoms with van der Waals surface area (Å²) in [6.07, 6.45) is 4.80. The van der Waals surface area contributed by atoms with Crippen molar-refractivity contribution in [2.45, 2.75) is 55.2 Å². The van der Waals surface area contributed by atoms with Crippen molar-refractivity contribution in [2.75, 3.05) is 6.54 Å². The van der Waals surface area contributed by atoms with Crippen molar-refractivity contribution in [1.82, 2.24) is 5.32 Å². The summed E-state index contributed by atoms with van der Waals surface area (Å²) in [5.74, 6) is 0. The largest absolute Gasteiger partial charge is 0.313 e. The summed E-state index contributed by atoms with van der Waals surface area (Å²) in [5, 5.41) is 3.65. The van der Waals surface area contributed by atoms with E-state index in [9.17, 15) is 8.42 Å². The highest BCUT2D eigenvalue weighted by atomic mass is 35.5. The molecule has 0 aromatic heterocycles. The van der Waals surface area contributed by atoms with E-state index < -0.39 is 9.84 Å². The molecule has 112 valence electrons. The zero-order valence-corrected chi connectivity index (χ0v) is 13.4. The quantitative estimate of drug-likeness (QED) is 0.905. The Bertz CT molecular complexity index is 527. The molecule has 1 fully saturated rings. The molecule has 1 saturated carbocycles. The number of hydrogen-bond donors (Lipinski definition) is 1. The summed E-state index contributed by atoms with van der Waals surface area (Å²) >= 11 is 5.84. The maximum absolute atomic E-state index is 12.8. The third kappa shape index (κ3) is 3.54. The van der Waals surface area contributed by atoms with Crippen LogP contribution in [0.2, 0.25) is 5.02 Å².